The summed E-state index contributed by atoms with van der Waals surface area (Å²) in [6, 6.07) is 0.864. The van der Waals surface area contributed by atoms with E-state index in [0.717, 1.165) is 53.4 Å². The minimum absolute atomic E-state index is 0.224. The summed E-state index contributed by atoms with van der Waals surface area (Å²) >= 11 is 0. The van der Waals surface area contributed by atoms with Crippen LogP contribution in [0.2, 0.25) is 0 Å². The molecule has 164 valence electrons. The van der Waals surface area contributed by atoms with Crippen LogP contribution in [-0.2, 0) is 28.9 Å². The number of furan rings is 1. The van der Waals surface area contributed by atoms with Crippen LogP contribution in [0.25, 0.3) is 21.9 Å². The first-order valence-corrected chi connectivity index (χ1v) is 10.7. The number of carbonyl (C=O) groups excluding carboxylic acids is 2. The molecule has 4 rings (SSSR count). The van der Waals surface area contributed by atoms with Crippen molar-refractivity contribution in [3.63, 3.8) is 0 Å². The molecule has 0 bridgehead atoms. The minimum atomic E-state index is -1.35. The molecule has 1 aliphatic carbocycles. The third-order valence-corrected chi connectivity index (χ3v) is 6.30. The molecule has 0 saturated heterocycles. The van der Waals surface area contributed by atoms with Crippen LogP contribution in [0, 0.1) is 19.8 Å². The Labute approximate surface area is 179 Å². The van der Waals surface area contributed by atoms with Gasteiger partial charge >= 0.3 is 5.63 Å². The molecular formula is C24H26NO6-. The van der Waals surface area contributed by atoms with E-state index in [0.29, 0.717) is 11.1 Å². The Balaban J connectivity index is 1.79. The van der Waals surface area contributed by atoms with E-state index in [9.17, 15) is 19.5 Å². The first kappa shape index (κ1) is 21.2. The molecule has 1 aliphatic rings. The minimum Gasteiger partial charge on any atom is -0.548 e. The van der Waals surface area contributed by atoms with Crippen molar-refractivity contribution in [2.75, 3.05) is 0 Å². The third kappa shape index (κ3) is 3.62. The van der Waals surface area contributed by atoms with Gasteiger partial charge in [-0.05, 0) is 50.7 Å². The van der Waals surface area contributed by atoms with Crippen molar-refractivity contribution in [3.05, 3.63) is 44.5 Å². The summed E-state index contributed by atoms with van der Waals surface area (Å²) < 4.78 is 11.7. The lowest BCUT2D eigenvalue weighted by Gasteiger charge is -2.23. The summed E-state index contributed by atoms with van der Waals surface area (Å²) in [6.07, 6.45) is 3.81. The number of rotatable bonds is 5. The first-order chi connectivity index (χ1) is 14.7. The standard InChI is InChI=1S/C24H27NO6/c1-11(2)20(23(27)28)25-19(26)10-16-12(3)15-9-17-14-7-5-6-8-18(14)30-22(17)13(4)21(15)31-24(16)29/h9,11,20H,5-8,10H2,1-4H3,(H,25,26)(H,27,28)/p-1/t20-/m0/s1. The van der Waals surface area contributed by atoms with Gasteiger partial charge in [0.05, 0.1) is 24.0 Å². The number of nitrogens with one attached hydrogen (secondary N) is 1. The Morgan fingerprint density at radius 2 is 1.74 bits per heavy atom. The number of carbonyl (C=O) groups is 2. The number of hydrogen-bond acceptors (Lipinski definition) is 6. The summed E-state index contributed by atoms with van der Waals surface area (Å²) in [5, 5.41) is 15.5. The zero-order valence-corrected chi connectivity index (χ0v) is 18.2. The summed E-state index contributed by atoms with van der Waals surface area (Å²) in [5.41, 5.74) is 3.48. The highest BCUT2D eigenvalue weighted by molar-refractivity contribution is 6.00. The zero-order chi connectivity index (χ0) is 22.4. The summed E-state index contributed by atoms with van der Waals surface area (Å²) in [6.45, 7) is 7.02. The van der Waals surface area contributed by atoms with Crippen molar-refractivity contribution in [1.29, 1.82) is 0 Å². The molecule has 0 saturated carbocycles. The lowest BCUT2D eigenvalue weighted by Crippen LogP contribution is -2.51. The van der Waals surface area contributed by atoms with Crippen molar-refractivity contribution in [2.45, 2.75) is 65.8 Å². The van der Waals surface area contributed by atoms with Gasteiger partial charge in [-0.15, -0.1) is 0 Å². The van der Waals surface area contributed by atoms with Crippen LogP contribution in [0.4, 0.5) is 0 Å². The van der Waals surface area contributed by atoms with E-state index in [1.165, 1.54) is 5.56 Å². The van der Waals surface area contributed by atoms with Crippen LogP contribution >= 0.6 is 0 Å². The molecule has 31 heavy (non-hydrogen) atoms. The highest BCUT2D eigenvalue weighted by Crippen LogP contribution is 2.37. The second kappa shape index (κ2) is 7.87. The Kier molecular flexibility index (Phi) is 5.37. The van der Waals surface area contributed by atoms with Gasteiger partial charge in [0.25, 0.3) is 0 Å². The average Bonchev–Trinajstić information content (AvgIpc) is 3.09. The molecule has 7 heteroatoms. The second-order valence-electron chi connectivity index (χ2n) is 8.74. The molecule has 0 aliphatic heterocycles. The van der Waals surface area contributed by atoms with Crippen molar-refractivity contribution >= 4 is 33.8 Å². The molecule has 2 aromatic heterocycles. The van der Waals surface area contributed by atoms with Gasteiger partial charge in [-0.2, -0.15) is 0 Å². The van der Waals surface area contributed by atoms with Gasteiger partial charge in [-0.3, -0.25) is 4.79 Å². The van der Waals surface area contributed by atoms with Gasteiger partial charge in [-0.25, -0.2) is 4.79 Å². The average molecular weight is 424 g/mol. The smallest absolute Gasteiger partial charge is 0.340 e. The largest absolute Gasteiger partial charge is 0.548 e. The number of carboxylic acid groups (broad SMARTS) is 1. The van der Waals surface area contributed by atoms with Crippen molar-refractivity contribution in [1.82, 2.24) is 5.32 Å². The van der Waals surface area contributed by atoms with Crippen LogP contribution in [0.1, 0.15) is 54.7 Å². The lowest BCUT2D eigenvalue weighted by atomic mass is 9.93. The second-order valence-corrected chi connectivity index (χ2v) is 8.74. The molecule has 1 amide bonds. The fourth-order valence-corrected chi connectivity index (χ4v) is 4.50. The van der Waals surface area contributed by atoms with Gasteiger partial charge < -0.3 is 24.1 Å². The Hall–Kier alpha value is -3.09. The highest BCUT2D eigenvalue weighted by atomic mass is 16.4. The number of benzene rings is 1. The fraction of sp³-hybridized carbons (Fsp3) is 0.458. The predicted molar refractivity (Wildman–Crippen MR) is 114 cm³/mol. The highest BCUT2D eigenvalue weighted by Gasteiger charge is 2.24. The Morgan fingerprint density at radius 1 is 1.06 bits per heavy atom. The van der Waals surface area contributed by atoms with Crippen molar-refractivity contribution in [3.8, 4) is 0 Å². The third-order valence-electron chi connectivity index (χ3n) is 6.30. The van der Waals surface area contributed by atoms with E-state index in [2.05, 4.69) is 5.32 Å². The number of aliphatic carboxylic acids is 1. The molecular weight excluding hydrogens is 398 g/mol. The molecule has 0 spiro atoms. The van der Waals surface area contributed by atoms with Crippen LogP contribution < -0.4 is 16.0 Å². The SMILES string of the molecule is Cc1c(CC(=O)N[C@H](C(=O)[O-])C(C)C)c(=O)oc2c(C)c3oc4c(c3cc12)CCCC4. The van der Waals surface area contributed by atoms with E-state index < -0.39 is 23.5 Å². The maximum absolute atomic E-state index is 12.7. The Bertz CT molecular complexity index is 1260. The van der Waals surface area contributed by atoms with Crippen LogP contribution in [0.15, 0.2) is 19.7 Å². The Morgan fingerprint density at radius 3 is 2.42 bits per heavy atom. The van der Waals surface area contributed by atoms with Crippen molar-refractivity contribution < 1.29 is 23.5 Å². The molecule has 2 heterocycles. The van der Waals surface area contributed by atoms with Gasteiger partial charge in [-0.1, -0.05) is 13.8 Å². The van der Waals surface area contributed by atoms with E-state index in [-0.39, 0.29) is 17.9 Å². The van der Waals surface area contributed by atoms with Gasteiger partial charge in [0.2, 0.25) is 5.91 Å². The molecule has 1 atom stereocenters. The monoisotopic (exact) mass is 424 g/mol. The quantitative estimate of drug-likeness (QED) is 0.630. The van der Waals surface area contributed by atoms with E-state index in [1.54, 1.807) is 20.8 Å². The summed E-state index contributed by atoms with van der Waals surface area (Å²) in [7, 11) is 0. The number of aryl methyl sites for hydroxylation is 4. The van der Waals surface area contributed by atoms with Gasteiger partial charge in [0, 0.05) is 28.3 Å². The summed E-state index contributed by atoms with van der Waals surface area (Å²) in [5.74, 6) is -1.25. The van der Waals surface area contributed by atoms with E-state index in [1.807, 2.05) is 13.0 Å². The van der Waals surface area contributed by atoms with Gasteiger partial charge in [0.1, 0.15) is 16.9 Å². The normalized spacial score (nSPS) is 14.7. The van der Waals surface area contributed by atoms with Gasteiger partial charge in [0.15, 0.2) is 0 Å². The van der Waals surface area contributed by atoms with E-state index in [4.69, 9.17) is 8.83 Å². The first-order valence-electron chi connectivity index (χ1n) is 10.7. The van der Waals surface area contributed by atoms with Crippen LogP contribution in [0.3, 0.4) is 0 Å². The molecule has 7 nitrogen and oxygen atoms in total. The molecule has 0 unspecified atom stereocenters. The number of carboxylic acids is 1. The molecule has 1 aromatic carbocycles. The number of amides is 1. The van der Waals surface area contributed by atoms with Crippen LogP contribution in [-0.4, -0.2) is 17.9 Å². The number of fused-ring (bicyclic) bond motifs is 4. The predicted octanol–water partition coefficient (Wildman–Crippen LogP) is 2.47. The van der Waals surface area contributed by atoms with E-state index >= 15 is 0 Å². The maximum atomic E-state index is 12.7. The fourth-order valence-electron chi connectivity index (χ4n) is 4.50. The lowest BCUT2D eigenvalue weighted by molar-refractivity contribution is -0.309. The number of hydrogen-bond donors (Lipinski definition) is 1. The van der Waals surface area contributed by atoms with Crippen molar-refractivity contribution in [2.24, 2.45) is 5.92 Å². The van der Waals surface area contributed by atoms with Crippen LogP contribution in [0.5, 0.6) is 0 Å². The zero-order valence-electron chi connectivity index (χ0n) is 18.2. The molecule has 1 N–H and O–H groups in total. The molecule has 0 fully saturated rings. The molecule has 3 aromatic rings. The summed E-state index contributed by atoms with van der Waals surface area (Å²) in [4.78, 5) is 36.5. The molecule has 0 radical (unpaired) electrons. The maximum Gasteiger partial charge on any atom is 0.340 e. The topological polar surface area (TPSA) is 113 Å².